The average molecular weight is 354 g/mol. The van der Waals surface area contributed by atoms with Crippen LogP contribution in [-0.4, -0.2) is 35.8 Å². The quantitative estimate of drug-likeness (QED) is 0.476. The summed E-state index contributed by atoms with van der Waals surface area (Å²) in [5.41, 5.74) is 0.709. The molecule has 0 aromatic heterocycles. The van der Waals surface area contributed by atoms with Crippen molar-refractivity contribution in [2.24, 2.45) is 0 Å². The zero-order valence-electron chi connectivity index (χ0n) is 14.0. The maximum Gasteiger partial charge on any atom is 0.414 e. The molecule has 1 amide bonds. The van der Waals surface area contributed by atoms with Crippen molar-refractivity contribution < 1.29 is 24.0 Å². The van der Waals surface area contributed by atoms with Crippen LogP contribution in [0.3, 0.4) is 0 Å². The highest BCUT2D eigenvalue weighted by Crippen LogP contribution is 2.35. The van der Waals surface area contributed by atoms with Gasteiger partial charge in [0.2, 0.25) is 5.78 Å². The number of carbonyl (C=O) groups is 2. The highest BCUT2D eigenvalue weighted by atomic mass is 16.6. The fraction of sp³-hybridized carbons (Fsp3) is 0.111. The highest BCUT2D eigenvalue weighted by Gasteiger charge is 2.28. The number of hydrogen-bond donors (Lipinski definition) is 0. The first-order valence-electron chi connectivity index (χ1n) is 7.57. The smallest absolute Gasteiger partial charge is 0.414 e. The molecular weight excluding hydrogens is 340 g/mol. The van der Waals surface area contributed by atoms with E-state index in [1.54, 1.807) is 20.2 Å². The Bertz CT molecular complexity index is 948. The second-order valence-electron chi connectivity index (χ2n) is 5.71. The van der Waals surface area contributed by atoms with Gasteiger partial charge in [0, 0.05) is 32.3 Å². The van der Waals surface area contributed by atoms with Crippen molar-refractivity contribution in [2.45, 2.75) is 0 Å². The first-order valence-corrected chi connectivity index (χ1v) is 7.57. The van der Waals surface area contributed by atoms with Gasteiger partial charge in [-0.3, -0.25) is 14.9 Å². The fourth-order valence-corrected chi connectivity index (χ4v) is 2.30. The van der Waals surface area contributed by atoms with Gasteiger partial charge in [0.05, 0.1) is 10.5 Å². The molecule has 1 heterocycles. The first-order chi connectivity index (χ1) is 12.3. The molecule has 0 bridgehead atoms. The Morgan fingerprint density at radius 1 is 1.23 bits per heavy atom. The Morgan fingerprint density at radius 2 is 2.00 bits per heavy atom. The van der Waals surface area contributed by atoms with Gasteiger partial charge in [-0.05, 0) is 23.8 Å². The number of ketones is 1. The number of nitrogens with zero attached hydrogens (tertiary/aromatic N) is 2. The van der Waals surface area contributed by atoms with E-state index in [4.69, 9.17) is 9.47 Å². The molecule has 0 saturated heterocycles. The zero-order chi connectivity index (χ0) is 18.8. The van der Waals surface area contributed by atoms with Crippen LogP contribution >= 0.6 is 0 Å². The standard InChI is InChI=1S/C18H14N2O6/c1-19(2)18(22)25-13-6-7-14-15(10-13)26-16(17(14)21)9-11-4-3-5-12(8-11)20(23)24/h3-10H,1-2H3/b16-9-. The first kappa shape index (κ1) is 17.2. The van der Waals surface area contributed by atoms with E-state index in [2.05, 4.69) is 0 Å². The molecule has 0 N–H and O–H groups in total. The monoisotopic (exact) mass is 354 g/mol. The number of benzene rings is 2. The molecule has 26 heavy (non-hydrogen) atoms. The molecule has 0 atom stereocenters. The summed E-state index contributed by atoms with van der Waals surface area (Å²) < 4.78 is 10.7. The van der Waals surface area contributed by atoms with Gasteiger partial charge >= 0.3 is 6.09 Å². The Labute approximate surface area is 148 Å². The summed E-state index contributed by atoms with van der Waals surface area (Å²) in [6, 6.07) is 10.3. The van der Waals surface area contributed by atoms with E-state index < -0.39 is 11.0 Å². The van der Waals surface area contributed by atoms with Crippen molar-refractivity contribution in [2.75, 3.05) is 14.1 Å². The Hall–Kier alpha value is -3.68. The number of allylic oxidation sites excluding steroid dienone is 1. The Morgan fingerprint density at radius 3 is 2.69 bits per heavy atom. The van der Waals surface area contributed by atoms with Crippen molar-refractivity contribution in [3.63, 3.8) is 0 Å². The molecule has 8 nitrogen and oxygen atoms in total. The number of hydrogen-bond acceptors (Lipinski definition) is 6. The molecule has 1 aliphatic rings. The molecule has 0 spiro atoms. The van der Waals surface area contributed by atoms with E-state index in [0.717, 1.165) is 0 Å². The summed E-state index contributed by atoms with van der Waals surface area (Å²) in [5.74, 6) is 0.191. The van der Waals surface area contributed by atoms with Crippen LogP contribution in [0.5, 0.6) is 11.5 Å². The third kappa shape index (κ3) is 3.39. The number of nitro benzene ring substituents is 1. The van der Waals surface area contributed by atoms with Gasteiger partial charge in [-0.1, -0.05) is 12.1 Å². The number of fused-ring (bicyclic) bond motifs is 1. The minimum atomic E-state index is -0.554. The van der Waals surface area contributed by atoms with Crippen molar-refractivity contribution in [3.05, 3.63) is 69.5 Å². The minimum absolute atomic E-state index is 0.0385. The van der Waals surface area contributed by atoms with E-state index in [9.17, 15) is 19.7 Å². The minimum Gasteiger partial charge on any atom is -0.452 e. The van der Waals surface area contributed by atoms with Crippen LogP contribution in [0.15, 0.2) is 48.2 Å². The maximum atomic E-state index is 12.4. The van der Waals surface area contributed by atoms with Gasteiger partial charge < -0.3 is 14.4 Å². The van der Waals surface area contributed by atoms with Crippen molar-refractivity contribution in [3.8, 4) is 11.5 Å². The van der Waals surface area contributed by atoms with Gasteiger partial charge in [0.25, 0.3) is 5.69 Å². The van der Waals surface area contributed by atoms with Gasteiger partial charge in [0.1, 0.15) is 11.5 Å². The lowest BCUT2D eigenvalue weighted by Gasteiger charge is -2.10. The number of non-ortho nitro benzene ring substituents is 1. The normalized spacial score (nSPS) is 13.9. The van der Waals surface area contributed by atoms with Crippen LogP contribution in [0.2, 0.25) is 0 Å². The van der Waals surface area contributed by atoms with Gasteiger partial charge in [-0.25, -0.2) is 4.79 Å². The number of ether oxygens (including phenoxy) is 2. The largest absolute Gasteiger partial charge is 0.452 e. The third-order valence-corrected chi connectivity index (χ3v) is 3.59. The van der Waals surface area contributed by atoms with Crippen LogP contribution in [0.1, 0.15) is 15.9 Å². The highest BCUT2D eigenvalue weighted by molar-refractivity contribution is 6.14. The van der Waals surface area contributed by atoms with Crippen molar-refractivity contribution in [1.29, 1.82) is 0 Å². The summed E-state index contributed by atoms with van der Waals surface area (Å²) in [6.07, 6.45) is 0.877. The molecule has 132 valence electrons. The summed E-state index contributed by atoms with van der Waals surface area (Å²) in [5, 5.41) is 10.8. The van der Waals surface area contributed by atoms with Crippen LogP contribution in [0.4, 0.5) is 10.5 Å². The summed E-state index contributed by atoms with van der Waals surface area (Å²) >= 11 is 0. The van der Waals surface area contributed by atoms with E-state index in [1.807, 2.05) is 0 Å². The van der Waals surface area contributed by atoms with Gasteiger partial charge in [0.15, 0.2) is 5.76 Å². The van der Waals surface area contributed by atoms with E-state index in [1.165, 1.54) is 47.4 Å². The molecule has 0 unspecified atom stereocenters. The second kappa shape index (κ2) is 6.67. The predicted octanol–water partition coefficient (Wildman–Crippen LogP) is 3.27. The second-order valence-corrected chi connectivity index (χ2v) is 5.71. The molecule has 2 aromatic rings. The number of carbonyl (C=O) groups excluding carboxylic acids is 2. The van der Waals surface area contributed by atoms with Crippen LogP contribution in [0, 0.1) is 10.1 Å². The Balaban J connectivity index is 1.86. The molecule has 1 aliphatic heterocycles. The van der Waals surface area contributed by atoms with Crippen molar-refractivity contribution >= 4 is 23.6 Å². The summed E-state index contributed by atoms with van der Waals surface area (Å²) in [6.45, 7) is 0. The lowest BCUT2D eigenvalue weighted by molar-refractivity contribution is -0.384. The van der Waals surface area contributed by atoms with Gasteiger partial charge in [-0.2, -0.15) is 0 Å². The molecule has 8 heteroatoms. The zero-order valence-corrected chi connectivity index (χ0v) is 14.0. The molecule has 2 aromatic carbocycles. The fourth-order valence-electron chi connectivity index (χ4n) is 2.30. The number of rotatable bonds is 3. The average Bonchev–Trinajstić information content (AvgIpc) is 2.90. The van der Waals surface area contributed by atoms with E-state index in [-0.39, 0.29) is 28.7 Å². The predicted molar refractivity (Wildman–Crippen MR) is 92.2 cm³/mol. The van der Waals surface area contributed by atoms with E-state index in [0.29, 0.717) is 11.1 Å². The SMILES string of the molecule is CN(C)C(=O)Oc1ccc2c(c1)O/C(=C\c1cccc([N+](=O)[O-])c1)C2=O. The van der Waals surface area contributed by atoms with Crippen LogP contribution in [-0.2, 0) is 0 Å². The Kier molecular flexibility index (Phi) is 4.40. The van der Waals surface area contributed by atoms with Gasteiger partial charge in [-0.15, -0.1) is 0 Å². The molecule has 0 aliphatic carbocycles. The molecule has 0 radical (unpaired) electrons. The van der Waals surface area contributed by atoms with Crippen LogP contribution < -0.4 is 9.47 Å². The maximum absolute atomic E-state index is 12.4. The lowest BCUT2D eigenvalue weighted by Crippen LogP contribution is -2.25. The molecule has 3 rings (SSSR count). The molecule has 0 fully saturated rings. The molecule has 0 saturated carbocycles. The van der Waals surface area contributed by atoms with Crippen LogP contribution in [0.25, 0.3) is 6.08 Å². The number of amides is 1. The third-order valence-electron chi connectivity index (χ3n) is 3.59. The number of nitro groups is 1. The van der Waals surface area contributed by atoms with E-state index >= 15 is 0 Å². The summed E-state index contributed by atoms with van der Waals surface area (Å²) in [4.78, 5) is 35.6. The summed E-state index contributed by atoms with van der Waals surface area (Å²) in [7, 11) is 3.10. The number of Topliss-reactive ketones (excluding diaryl/α,β-unsaturated/α-hetero) is 1. The lowest BCUT2D eigenvalue weighted by atomic mass is 10.1. The van der Waals surface area contributed by atoms with Crippen molar-refractivity contribution in [1.82, 2.24) is 4.90 Å². The molecular formula is C18H14N2O6. The topological polar surface area (TPSA) is 99.0 Å².